The van der Waals surface area contributed by atoms with Crippen molar-refractivity contribution in [3.63, 3.8) is 0 Å². The predicted molar refractivity (Wildman–Crippen MR) is 165 cm³/mol. The Hall–Kier alpha value is -5.11. The summed E-state index contributed by atoms with van der Waals surface area (Å²) in [5.41, 5.74) is 11.4. The Labute approximate surface area is 256 Å². The Morgan fingerprint density at radius 1 is 1.02 bits per heavy atom. The molecule has 232 valence electrons. The number of hydrogen-bond donors (Lipinski definition) is 2. The third-order valence-electron chi connectivity index (χ3n) is 7.74. The maximum atomic E-state index is 13.5. The van der Waals surface area contributed by atoms with E-state index in [1.54, 1.807) is 36.8 Å². The van der Waals surface area contributed by atoms with Crippen molar-refractivity contribution >= 4 is 44.0 Å². The molecule has 5 aromatic rings. The van der Waals surface area contributed by atoms with Crippen LogP contribution in [-0.2, 0) is 28.3 Å². The monoisotopic (exact) mass is 636 g/mol. The first kappa shape index (κ1) is 29.9. The van der Waals surface area contributed by atoms with E-state index in [-0.39, 0.29) is 29.6 Å². The van der Waals surface area contributed by atoms with Gasteiger partial charge < -0.3 is 15.4 Å². The number of halogens is 3. The van der Waals surface area contributed by atoms with Crippen LogP contribution in [0.5, 0.6) is 5.75 Å². The molecule has 1 aliphatic heterocycles. The molecule has 14 heteroatoms. The molecule has 2 aromatic heterocycles. The van der Waals surface area contributed by atoms with Crippen LogP contribution in [0.15, 0.2) is 66.9 Å². The molecule has 0 fully saturated rings. The number of sulfonamides is 1. The van der Waals surface area contributed by atoms with Crippen LogP contribution in [0.25, 0.3) is 33.3 Å². The summed E-state index contributed by atoms with van der Waals surface area (Å²) in [7, 11) is -1.57. The Balaban J connectivity index is 1.46. The Morgan fingerprint density at radius 2 is 1.73 bits per heavy atom. The van der Waals surface area contributed by atoms with Crippen molar-refractivity contribution in [3.05, 3.63) is 83.8 Å². The number of nitrogens with one attached hydrogen (secondary N) is 1. The molecule has 3 aromatic carbocycles. The maximum absolute atomic E-state index is 13.5. The van der Waals surface area contributed by atoms with E-state index in [0.717, 1.165) is 16.8 Å². The molecule has 45 heavy (non-hydrogen) atoms. The smallest absolute Gasteiger partial charge is 0.355 e. The molecule has 3 N–H and O–H groups in total. The van der Waals surface area contributed by atoms with Crippen molar-refractivity contribution in [1.82, 2.24) is 14.8 Å². The highest BCUT2D eigenvalue weighted by molar-refractivity contribution is 7.93. The van der Waals surface area contributed by atoms with Gasteiger partial charge in [-0.25, -0.2) is 17.8 Å². The first-order chi connectivity index (χ1) is 21.3. The molecule has 3 heterocycles. The SMILES string of the molecule is C[C@H](Oc1cc(-c2nn(C)c3c(-c4ccc5c(c4)CC(=O)N5C)cnc(N)c23)ccc1NS(=O)(=O)C(F)F)c1ccc(F)cc1. The topological polar surface area (TPSA) is 132 Å². The van der Waals surface area contributed by atoms with Crippen molar-refractivity contribution in [3.8, 4) is 28.1 Å². The molecule has 0 spiro atoms. The molecule has 0 radical (unpaired) electrons. The van der Waals surface area contributed by atoms with Gasteiger partial charge in [0, 0.05) is 37.1 Å². The zero-order valence-electron chi connectivity index (χ0n) is 24.3. The first-order valence-electron chi connectivity index (χ1n) is 13.7. The second-order valence-electron chi connectivity index (χ2n) is 10.7. The minimum absolute atomic E-state index is 0.00314. The number of aromatic nitrogens is 3. The van der Waals surface area contributed by atoms with E-state index in [9.17, 15) is 26.4 Å². The number of amides is 1. The number of anilines is 3. The minimum atomic E-state index is -5.03. The van der Waals surface area contributed by atoms with Crippen LogP contribution in [-0.4, -0.2) is 41.9 Å². The van der Waals surface area contributed by atoms with Gasteiger partial charge in [-0.3, -0.25) is 14.2 Å². The van der Waals surface area contributed by atoms with Gasteiger partial charge in [0.1, 0.15) is 29.2 Å². The number of aryl methyl sites for hydroxylation is 1. The number of carbonyl (C=O) groups excluding carboxylic acids is 1. The number of fused-ring (bicyclic) bond motifs is 2. The summed E-state index contributed by atoms with van der Waals surface area (Å²) in [6.07, 6.45) is 1.19. The van der Waals surface area contributed by atoms with E-state index in [1.165, 1.54) is 42.5 Å². The van der Waals surface area contributed by atoms with E-state index in [1.807, 2.05) is 22.9 Å². The van der Waals surface area contributed by atoms with Crippen molar-refractivity contribution in [2.75, 3.05) is 22.4 Å². The van der Waals surface area contributed by atoms with E-state index in [0.29, 0.717) is 33.3 Å². The van der Waals surface area contributed by atoms with Crippen LogP contribution in [0.1, 0.15) is 24.2 Å². The lowest BCUT2D eigenvalue weighted by Gasteiger charge is -2.19. The molecule has 1 amide bonds. The number of pyridine rings is 1. The zero-order valence-corrected chi connectivity index (χ0v) is 25.1. The highest BCUT2D eigenvalue weighted by Crippen LogP contribution is 2.41. The number of rotatable bonds is 8. The third kappa shape index (κ3) is 5.41. The van der Waals surface area contributed by atoms with E-state index in [2.05, 4.69) is 4.98 Å². The van der Waals surface area contributed by atoms with Crippen molar-refractivity contribution in [2.45, 2.75) is 25.2 Å². The molecule has 0 unspecified atom stereocenters. The molecule has 6 rings (SSSR count). The Kier molecular flexibility index (Phi) is 7.39. The van der Waals surface area contributed by atoms with E-state index in [4.69, 9.17) is 15.6 Å². The molecule has 0 saturated heterocycles. The maximum Gasteiger partial charge on any atom is 0.355 e. The summed E-state index contributed by atoms with van der Waals surface area (Å²) in [6, 6.07) is 15.5. The summed E-state index contributed by atoms with van der Waals surface area (Å²) in [5.74, 6) is -4.02. The molecule has 0 aliphatic carbocycles. The van der Waals surface area contributed by atoms with Gasteiger partial charge in [-0.15, -0.1) is 0 Å². The van der Waals surface area contributed by atoms with Gasteiger partial charge in [-0.05, 0) is 60.0 Å². The predicted octanol–water partition coefficient (Wildman–Crippen LogP) is 5.65. The fraction of sp³-hybridized carbons (Fsp3) is 0.194. The van der Waals surface area contributed by atoms with Crippen LogP contribution in [0, 0.1) is 5.82 Å². The lowest BCUT2D eigenvalue weighted by Crippen LogP contribution is -2.21. The third-order valence-corrected chi connectivity index (χ3v) is 8.72. The number of benzene rings is 3. The van der Waals surface area contributed by atoms with Crippen molar-refractivity contribution < 1.29 is 31.1 Å². The van der Waals surface area contributed by atoms with Gasteiger partial charge in [0.2, 0.25) is 5.91 Å². The van der Waals surface area contributed by atoms with Gasteiger partial charge in [0.25, 0.3) is 10.0 Å². The average molecular weight is 637 g/mol. The zero-order chi connectivity index (χ0) is 32.2. The minimum Gasteiger partial charge on any atom is -0.484 e. The van der Waals surface area contributed by atoms with Gasteiger partial charge in [0.15, 0.2) is 0 Å². The molecule has 0 saturated carbocycles. The summed E-state index contributed by atoms with van der Waals surface area (Å²) in [5, 5.41) is 5.20. The number of ether oxygens (including phenoxy) is 1. The van der Waals surface area contributed by atoms with Crippen molar-refractivity contribution in [2.24, 2.45) is 7.05 Å². The number of nitrogens with zero attached hydrogens (tertiary/aromatic N) is 4. The van der Waals surface area contributed by atoms with Crippen LogP contribution in [0.2, 0.25) is 0 Å². The number of likely N-dealkylation sites (N-methyl/N-ethyl adjacent to an activating group) is 1. The number of alkyl halides is 2. The normalized spacial score (nSPS) is 13.8. The van der Waals surface area contributed by atoms with Crippen LogP contribution in [0.4, 0.5) is 30.4 Å². The standard InChI is InChI=1S/C31H27F3N6O4S/c1-16(17-4-8-21(32)9-5-17)44-25-13-19(6-10-23(25)38-45(42,43)31(33)34)28-27-29(40(3)37-28)22(15-36-30(27)35)18-7-11-24-20(12-18)14-26(41)39(24)2/h4-13,15-16,31,38H,14H2,1-3H3,(H2,35,36)/t16-/m0/s1. The number of nitrogen functional groups attached to an aromatic ring is 1. The van der Waals surface area contributed by atoms with Crippen LogP contribution >= 0.6 is 0 Å². The quantitative estimate of drug-likeness (QED) is 0.225. The van der Waals surface area contributed by atoms with Gasteiger partial charge in [-0.2, -0.15) is 13.9 Å². The van der Waals surface area contributed by atoms with E-state index < -0.39 is 27.7 Å². The molecule has 0 bridgehead atoms. The highest BCUT2D eigenvalue weighted by Gasteiger charge is 2.28. The largest absolute Gasteiger partial charge is 0.484 e. The molecule has 10 nitrogen and oxygen atoms in total. The summed E-state index contributed by atoms with van der Waals surface area (Å²) in [4.78, 5) is 18.3. The molecular formula is C31H27F3N6O4S. The van der Waals surface area contributed by atoms with Crippen LogP contribution < -0.4 is 20.1 Å². The first-order valence-corrected chi connectivity index (χ1v) is 15.3. The second-order valence-corrected chi connectivity index (χ2v) is 12.3. The lowest BCUT2D eigenvalue weighted by atomic mass is 9.99. The van der Waals surface area contributed by atoms with Gasteiger partial charge in [-0.1, -0.05) is 24.3 Å². The van der Waals surface area contributed by atoms with E-state index >= 15 is 0 Å². The number of carbonyl (C=O) groups is 1. The average Bonchev–Trinajstić information content (AvgIpc) is 3.50. The summed E-state index contributed by atoms with van der Waals surface area (Å²) < 4.78 is 73.8. The molecule has 1 atom stereocenters. The van der Waals surface area contributed by atoms with Gasteiger partial charge in [0.05, 0.1) is 23.0 Å². The Morgan fingerprint density at radius 3 is 2.44 bits per heavy atom. The Bertz CT molecular complexity index is 2080. The van der Waals surface area contributed by atoms with Crippen molar-refractivity contribution in [1.29, 1.82) is 0 Å². The number of nitrogens with two attached hydrogens (primary N) is 1. The molecule has 1 aliphatic rings. The fourth-order valence-electron chi connectivity index (χ4n) is 5.43. The lowest BCUT2D eigenvalue weighted by molar-refractivity contribution is -0.117. The summed E-state index contributed by atoms with van der Waals surface area (Å²) in [6.45, 7) is 1.65. The van der Waals surface area contributed by atoms with Gasteiger partial charge >= 0.3 is 5.76 Å². The molecular weight excluding hydrogens is 609 g/mol. The number of hydrogen-bond acceptors (Lipinski definition) is 7. The second kappa shape index (κ2) is 11.1. The fourth-order valence-corrected chi connectivity index (χ4v) is 5.99. The highest BCUT2D eigenvalue weighted by atomic mass is 32.2. The van der Waals surface area contributed by atoms with Crippen LogP contribution in [0.3, 0.4) is 0 Å². The summed E-state index contributed by atoms with van der Waals surface area (Å²) >= 11 is 0.